The van der Waals surface area contributed by atoms with Gasteiger partial charge in [-0.05, 0) is 42.0 Å². The van der Waals surface area contributed by atoms with Crippen LogP contribution < -0.4 is 5.32 Å². The molecule has 1 fully saturated rings. The molecule has 2 nitrogen and oxygen atoms in total. The summed E-state index contributed by atoms with van der Waals surface area (Å²) in [4.78, 5) is 12.8. The predicted molar refractivity (Wildman–Crippen MR) is 94.3 cm³/mol. The maximum absolute atomic E-state index is 13.1. The largest absolute Gasteiger partial charge is 0.355 e. The molecule has 126 valence electrons. The molecule has 2 aromatic rings. The summed E-state index contributed by atoms with van der Waals surface area (Å²) >= 11 is 0. The molecule has 1 aliphatic carbocycles. The molecule has 1 atom stereocenters. The lowest BCUT2D eigenvalue weighted by Crippen LogP contribution is -2.38. The topological polar surface area (TPSA) is 29.1 Å². The van der Waals surface area contributed by atoms with Crippen LogP contribution in [0.4, 0.5) is 4.39 Å². The van der Waals surface area contributed by atoms with Crippen LogP contribution in [0.25, 0.3) is 0 Å². The molecule has 1 aliphatic rings. The summed E-state index contributed by atoms with van der Waals surface area (Å²) in [5, 5.41) is 3.15. The standard InChI is InChI=1S/C21H24FNO/c1-15(2)19(16-6-4-3-5-7-16)14-23-20(24)21(12-13-21)17-8-10-18(22)11-9-17/h3-11,15,19H,12-14H2,1-2H3,(H,23,24)/t19-/m1/s1. The van der Waals surface area contributed by atoms with E-state index in [-0.39, 0.29) is 11.7 Å². The number of halogens is 1. The number of hydrogen-bond donors (Lipinski definition) is 1. The Hall–Kier alpha value is -2.16. The molecule has 0 bridgehead atoms. The summed E-state index contributed by atoms with van der Waals surface area (Å²) in [7, 11) is 0. The van der Waals surface area contributed by atoms with Crippen LogP contribution in [-0.4, -0.2) is 12.5 Å². The third-order valence-electron chi connectivity index (χ3n) is 5.10. The van der Waals surface area contributed by atoms with Crippen LogP contribution in [-0.2, 0) is 10.2 Å². The summed E-state index contributed by atoms with van der Waals surface area (Å²) in [6.07, 6.45) is 1.67. The van der Waals surface area contributed by atoms with Crippen molar-refractivity contribution < 1.29 is 9.18 Å². The number of carbonyl (C=O) groups excluding carboxylic acids is 1. The third kappa shape index (κ3) is 3.35. The second-order valence-electron chi connectivity index (χ2n) is 7.06. The zero-order chi connectivity index (χ0) is 17.2. The van der Waals surface area contributed by atoms with Crippen LogP contribution in [0.2, 0.25) is 0 Å². The zero-order valence-electron chi connectivity index (χ0n) is 14.3. The van der Waals surface area contributed by atoms with Crippen LogP contribution in [0.1, 0.15) is 43.7 Å². The number of nitrogens with one attached hydrogen (secondary N) is 1. The van der Waals surface area contributed by atoms with Gasteiger partial charge in [0.2, 0.25) is 5.91 Å². The van der Waals surface area contributed by atoms with E-state index in [0.29, 0.717) is 18.4 Å². The fourth-order valence-corrected chi connectivity index (χ4v) is 3.35. The van der Waals surface area contributed by atoms with Crippen molar-refractivity contribution in [3.05, 3.63) is 71.5 Å². The third-order valence-corrected chi connectivity index (χ3v) is 5.10. The molecule has 3 rings (SSSR count). The zero-order valence-corrected chi connectivity index (χ0v) is 14.3. The average Bonchev–Trinajstić information content (AvgIpc) is 3.38. The molecule has 1 amide bonds. The monoisotopic (exact) mass is 325 g/mol. The van der Waals surface area contributed by atoms with Crippen LogP contribution in [0, 0.1) is 11.7 Å². The first-order valence-electron chi connectivity index (χ1n) is 8.62. The van der Waals surface area contributed by atoms with Gasteiger partial charge in [0.1, 0.15) is 5.82 Å². The summed E-state index contributed by atoms with van der Waals surface area (Å²) in [5.41, 5.74) is 1.72. The van der Waals surface area contributed by atoms with Crippen LogP contribution in [0.3, 0.4) is 0 Å². The van der Waals surface area contributed by atoms with Crippen molar-refractivity contribution in [2.75, 3.05) is 6.54 Å². The molecule has 0 heterocycles. The molecule has 24 heavy (non-hydrogen) atoms. The van der Waals surface area contributed by atoms with Gasteiger partial charge in [-0.2, -0.15) is 0 Å². The Balaban J connectivity index is 1.69. The highest BCUT2D eigenvalue weighted by Gasteiger charge is 2.51. The predicted octanol–water partition coefficient (Wildman–Crippen LogP) is 4.41. The smallest absolute Gasteiger partial charge is 0.230 e. The summed E-state index contributed by atoms with van der Waals surface area (Å²) in [5.74, 6) is 0.530. The summed E-state index contributed by atoms with van der Waals surface area (Å²) < 4.78 is 13.1. The normalized spacial score (nSPS) is 16.7. The summed E-state index contributed by atoms with van der Waals surface area (Å²) in [6, 6.07) is 16.6. The molecule has 0 radical (unpaired) electrons. The first kappa shape index (κ1) is 16.7. The van der Waals surface area contributed by atoms with Gasteiger partial charge >= 0.3 is 0 Å². The van der Waals surface area contributed by atoms with Gasteiger partial charge in [0, 0.05) is 12.5 Å². The minimum Gasteiger partial charge on any atom is -0.355 e. The highest BCUT2D eigenvalue weighted by atomic mass is 19.1. The van der Waals surface area contributed by atoms with Gasteiger partial charge < -0.3 is 5.32 Å². The van der Waals surface area contributed by atoms with E-state index in [2.05, 4.69) is 31.3 Å². The highest BCUT2D eigenvalue weighted by molar-refractivity contribution is 5.91. The quantitative estimate of drug-likeness (QED) is 0.837. The molecule has 0 aromatic heterocycles. The van der Waals surface area contributed by atoms with E-state index in [9.17, 15) is 9.18 Å². The van der Waals surface area contributed by atoms with E-state index in [1.54, 1.807) is 12.1 Å². The van der Waals surface area contributed by atoms with Crippen LogP contribution in [0.5, 0.6) is 0 Å². The SMILES string of the molecule is CC(C)[C@@H](CNC(=O)C1(c2ccc(F)cc2)CC1)c1ccccc1. The average molecular weight is 325 g/mol. The molecule has 1 saturated carbocycles. The summed E-state index contributed by atoms with van der Waals surface area (Å²) in [6.45, 7) is 4.98. The van der Waals surface area contributed by atoms with E-state index in [1.807, 2.05) is 18.2 Å². The van der Waals surface area contributed by atoms with Crippen molar-refractivity contribution in [3.8, 4) is 0 Å². The van der Waals surface area contributed by atoms with Gasteiger partial charge in [-0.1, -0.05) is 56.3 Å². The van der Waals surface area contributed by atoms with Crippen molar-refractivity contribution in [3.63, 3.8) is 0 Å². The van der Waals surface area contributed by atoms with Crippen molar-refractivity contribution in [2.45, 2.75) is 38.0 Å². The number of hydrogen-bond acceptors (Lipinski definition) is 1. The fourth-order valence-electron chi connectivity index (χ4n) is 3.35. The first-order valence-corrected chi connectivity index (χ1v) is 8.62. The fraction of sp³-hybridized carbons (Fsp3) is 0.381. The Morgan fingerprint density at radius 3 is 2.25 bits per heavy atom. The van der Waals surface area contributed by atoms with Gasteiger partial charge in [-0.3, -0.25) is 4.79 Å². The van der Waals surface area contributed by atoms with Gasteiger partial charge in [-0.25, -0.2) is 4.39 Å². The molecule has 3 heteroatoms. The second-order valence-corrected chi connectivity index (χ2v) is 7.06. The molecule has 2 aromatic carbocycles. The van der Waals surface area contributed by atoms with E-state index >= 15 is 0 Å². The highest BCUT2D eigenvalue weighted by Crippen LogP contribution is 2.48. The molecule has 0 saturated heterocycles. The van der Waals surface area contributed by atoms with Gasteiger partial charge in [0.25, 0.3) is 0 Å². The minimum atomic E-state index is -0.452. The molecule has 0 aliphatic heterocycles. The van der Waals surface area contributed by atoms with Crippen molar-refractivity contribution >= 4 is 5.91 Å². The van der Waals surface area contributed by atoms with Crippen molar-refractivity contribution in [2.24, 2.45) is 5.92 Å². The van der Waals surface area contributed by atoms with Crippen molar-refractivity contribution in [1.29, 1.82) is 0 Å². The minimum absolute atomic E-state index is 0.0655. The molecular weight excluding hydrogens is 301 g/mol. The lowest BCUT2D eigenvalue weighted by molar-refractivity contribution is -0.123. The Bertz CT molecular complexity index is 690. The lowest BCUT2D eigenvalue weighted by Gasteiger charge is -2.24. The Labute approximate surface area is 143 Å². The molecular formula is C21H24FNO. The maximum atomic E-state index is 13.1. The Morgan fingerprint density at radius 1 is 1.08 bits per heavy atom. The van der Waals surface area contributed by atoms with Gasteiger partial charge in [0.05, 0.1) is 5.41 Å². The number of rotatable bonds is 6. The van der Waals surface area contributed by atoms with Crippen LogP contribution >= 0.6 is 0 Å². The van der Waals surface area contributed by atoms with Crippen molar-refractivity contribution in [1.82, 2.24) is 5.32 Å². The molecule has 0 spiro atoms. The Morgan fingerprint density at radius 2 is 1.71 bits per heavy atom. The molecule has 1 N–H and O–H groups in total. The van der Waals surface area contributed by atoms with E-state index < -0.39 is 5.41 Å². The second kappa shape index (κ2) is 6.76. The van der Waals surface area contributed by atoms with Gasteiger partial charge in [-0.15, -0.1) is 0 Å². The van der Waals surface area contributed by atoms with Crippen LogP contribution in [0.15, 0.2) is 54.6 Å². The van der Waals surface area contributed by atoms with E-state index in [1.165, 1.54) is 17.7 Å². The number of benzene rings is 2. The Kier molecular flexibility index (Phi) is 4.70. The number of carbonyl (C=O) groups is 1. The van der Waals surface area contributed by atoms with E-state index in [0.717, 1.165) is 18.4 Å². The number of amides is 1. The van der Waals surface area contributed by atoms with Gasteiger partial charge in [0.15, 0.2) is 0 Å². The van der Waals surface area contributed by atoms with E-state index in [4.69, 9.17) is 0 Å². The molecule has 0 unspecified atom stereocenters. The lowest BCUT2D eigenvalue weighted by atomic mass is 9.88. The first-order chi connectivity index (χ1) is 11.5. The maximum Gasteiger partial charge on any atom is 0.230 e.